The summed E-state index contributed by atoms with van der Waals surface area (Å²) in [6, 6.07) is 6.56. The van der Waals surface area contributed by atoms with Crippen LogP contribution in [0.1, 0.15) is 29.9 Å². The number of hydrogen-bond acceptors (Lipinski definition) is 4. The van der Waals surface area contributed by atoms with Gasteiger partial charge in [0.15, 0.2) is 0 Å². The fraction of sp³-hybridized carbons (Fsp3) is 0.467. The van der Waals surface area contributed by atoms with Crippen LogP contribution in [0.25, 0.3) is 0 Å². The highest BCUT2D eigenvalue weighted by atomic mass is 16.5. The first-order valence-corrected chi connectivity index (χ1v) is 7.09. The summed E-state index contributed by atoms with van der Waals surface area (Å²) in [6.45, 7) is 3.91. The van der Waals surface area contributed by atoms with Crippen LogP contribution in [-0.4, -0.2) is 28.4 Å². The summed E-state index contributed by atoms with van der Waals surface area (Å²) < 4.78 is 7.43. The Balaban J connectivity index is 1.90. The van der Waals surface area contributed by atoms with E-state index < -0.39 is 0 Å². The summed E-state index contributed by atoms with van der Waals surface area (Å²) in [7, 11) is 1.74. The molecule has 0 spiro atoms. The molecule has 0 bridgehead atoms. The molecule has 1 atom stereocenters. The van der Waals surface area contributed by atoms with Crippen molar-refractivity contribution in [3.05, 3.63) is 41.5 Å². The van der Waals surface area contributed by atoms with E-state index in [1.54, 1.807) is 13.4 Å². The van der Waals surface area contributed by atoms with Gasteiger partial charge >= 0.3 is 0 Å². The molecule has 2 aromatic rings. The largest absolute Gasteiger partial charge is 0.496 e. The highest BCUT2D eigenvalue weighted by Gasteiger charge is 2.23. The van der Waals surface area contributed by atoms with Crippen molar-refractivity contribution in [3.8, 4) is 5.75 Å². The van der Waals surface area contributed by atoms with Crippen LogP contribution in [-0.2, 0) is 19.4 Å². The molecule has 1 N–H and O–H groups in total. The Morgan fingerprint density at radius 1 is 1.45 bits per heavy atom. The molecule has 20 heavy (non-hydrogen) atoms. The van der Waals surface area contributed by atoms with Crippen LogP contribution in [0.4, 0.5) is 0 Å². The van der Waals surface area contributed by atoms with Gasteiger partial charge in [-0.2, -0.15) is 5.10 Å². The maximum absolute atomic E-state index is 5.48. The minimum atomic E-state index is 0.281. The number of nitrogens with zero attached hydrogens (tertiary/aromatic N) is 3. The molecule has 5 heteroatoms. The number of methoxy groups -OCH3 is 1. The lowest BCUT2D eigenvalue weighted by Gasteiger charge is -2.28. The Hall–Kier alpha value is -1.88. The Bertz CT molecular complexity index is 593. The van der Waals surface area contributed by atoms with E-state index in [4.69, 9.17) is 4.74 Å². The van der Waals surface area contributed by atoms with Crippen LogP contribution in [0.2, 0.25) is 0 Å². The van der Waals surface area contributed by atoms with Gasteiger partial charge in [-0.05, 0) is 31.5 Å². The summed E-state index contributed by atoms with van der Waals surface area (Å²) in [5, 5.41) is 7.82. The minimum absolute atomic E-state index is 0.281. The summed E-state index contributed by atoms with van der Waals surface area (Å²) in [5.74, 6) is 2.02. The molecule has 2 heterocycles. The van der Waals surface area contributed by atoms with Gasteiger partial charge in [-0.15, -0.1) is 0 Å². The maximum atomic E-state index is 5.48. The number of nitrogens with one attached hydrogen (secondary N) is 1. The Morgan fingerprint density at radius 2 is 2.35 bits per heavy atom. The third-order valence-corrected chi connectivity index (χ3v) is 3.91. The van der Waals surface area contributed by atoms with Crippen molar-refractivity contribution < 1.29 is 4.74 Å². The van der Waals surface area contributed by atoms with Crippen molar-refractivity contribution in [3.63, 3.8) is 0 Å². The molecular formula is C15H20N4O. The van der Waals surface area contributed by atoms with Crippen LogP contribution in [0.5, 0.6) is 5.75 Å². The molecule has 0 aliphatic carbocycles. The molecule has 0 amide bonds. The van der Waals surface area contributed by atoms with Gasteiger partial charge in [-0.1, -0.05) is 12.1 Å². The average molecular weight is 272 g/mol. The Morgan fingerprint density at radius 3 is 3.15 bits per heavy atom. The molecule has 1 aliphatic heterocycles. The highest BCUT2D eigenvalue weighted by molar-refractivity contribution is 5.43. The smallest absolute Gasteiger partial charge is 0.138 e. The standard InChI is InChI=1S/C15H20N4O/c1-3-19-15(17-10-18-19)9-13-11-5-4-6-14(20-2)12(11)7-8-16-13/h4-6,10,13,16H,3,7-9H2,1-2H3. The molecule has 0 radical (unpaired) electrons. The van der Waals surface area contributed by atoms with E-state index in [0.29, 0.717) is 0 Å². The molecule has 0 saturated carbocycles. The Kier molecular flexibility index (Phi) is 3.69. The SMILES string of the molecule is CCn1ncnc1CC1NCCc2c(OC)cccc21. The second-order valence-electron chi connectivity index (χ2n) is 4.98. The summed E-state index contributed by atoms with van der Waals surface area (Å²) in [4.78, 5) is 4.38. The first kappa shape index (κ1) is 13.1. The molecule has 0 saturated heterocycles. The molecule has 3 rings (SSSR count). The van der Waals surface area contributed by atoms with Crippen molar-refractivity contribution >= 4 is 0 Å². The number of fused-ring (bicyclic) bond motifs is 1. The minimum Gasteiger partial charge on any atom is -0.496 e. The molecule has 106 valence electrons. The summed E-state index contributed by atoms with van der Waals surface area (Å²) in [6.07, 6.45) is 3.50. The normalized spacial score (nSPS) is 17.8. The lowest BCUT2D eigenvalue weighted by Crippen LogP contribution is -2.32. The number of aryl methyl sites for hydroxylation is 1. The van der Waals surface area contributed by atoms with Crippen molar-refractivity contribution in [2.45, 2.75) is 32.4 Å². The third-order valence-electron chi connectivity index (χ3n) is 3.91. The summed E-state index contributed by atoms with van der Waals surface area (Å²) >= 11 is 0. The van der Waals surface area contributed by atoms with E-state index in [1.807, 2.05) is 10.7 Å². The van der Waals surface area contributed by atoms with E-state index in [9.17, 15) is 0 Å². The lowest BCUT2D eigenvalue weighted by molar-refractivity contribution is 0.398. The number of hydrogen-bond donors (Lipinski definition) is 1. The van der Waals surface area contributed by atoms with Crippen molar-refractivity contribution in [1.82, 2.24) is 20.1 Å². The lowest BCUT2D eigenvalue weighted by atomic mass is 9.91. The highest BCUT2D eigenvalue weighted by Crippen LogP contribution is 2.31. The van der Waals surface area contributed by atoms with Gasteiger partial charge in [0.25, 0.3) is 0 Å². The zero-order valence-corrected chi connectivity index (χ0v) is 12.0. The predicted octanol–water partition coefficient (Wildman–Crippen LogP) is 1.74. The zero-order chi connectivity index (χ0) is 13.9. The molecule has 0 fully saturated rings. The number of ether oxygens (including phenoxy) is 1. The molecule has 1 aromatic carbocycles. The monoisotopic (exact) mass is 272 g/mol. The fourth-order valence-electron chi connectivity index (χ4n) is 2.92. The number of rotatable bonds is 4. The van der Waals surface area contributed by atoms with Crippen molar-refractivity contribution in [2.24, 2.45) is 0 Å². The molecule has 1 aromatic heterocycles. The summed E-state index contributed by atoms with van der Waals surface area (Å²) in [5.41, 5.74) is 2.64. The van der Waals surface area contributed by atoms with E-state index in [2.05, 4.69) is 34.5 Å². The molecule has 1 aliphatic rings. The van der Waals surface area contributed by atoms with E-state index in [0.717, 1.165) is 37.5 Å². The van der Waals surface area contributed by atoms with Crippen molar-refractivity contribution in [1.29, 1.82) is 0 Å². The van der Waals surface area contributed by atoms with Crippen LogP contribution >= 0.6 is 0 Å². The zero-order valence-electron chi connectivity index (χ0n) is 12.0. The fourth-order valence-corrected chi connectivity index (χ4v) is 2.92. The van der Waals surface area contributed by atoms with Gasteiger partial charge in [0.05, 0.1) is 7.11 Å². The number of benzene rings is 1. The van der Waals surface area contributed by atoms with E-state index >= 15 is 0 Å². The van der Waals surface area contributed by atoms with Crippen LogP contribution < -0.4 is 10.1 Å². The first-order chi connectivity index (χ1) is 9.83. The van der Waals surface area contributed by atoms with E-state index in [-0.39, 0.29) is 6.04 Å². The maximum Gasteiger partial charge on any atom is 0.138 e. The third kappa shape index (κ3) is 2.29. The van der Waals surface area contributed by atoms with Crippen LogP contribution in [0.15, 0.2) is 24.5 Å². The van der Waals surface area contributed by atoms with Gasteiger partial charge in [0, 0.05) is 24.6 Å². The van der Waals surface area contributed by atoms with Crippen LogP contribution in [0, 0.1) is 0 Å². The molecule has 5 nitrogen and oxygen atoms in total. The molecular weight excluding hydrogens is 252 g/mol. The van der Waals surface area contributed by atoms with Gasteiger partial charge in [0.2, 0.25) is 0 Å². The predicted molar refractivity (Wildman–Crippen MR) is 76.8 cm³/mol. The molecule has 1 unspecified atom stereocenters. The number of aromatic nitrogens is 3. The second kappa shape index (κ2) is 5.63. The van der Waals surface area contributed by atoms with Gasteiger partial charge < -0.3 is 10.1 Å². The topological polar surface area (TPSA) is 52.0 Å². The van der Waals surface area contributed by atoms with Gasteiger partial charge in [-0.25, -0.2) is 4.98 Å². The Labute approximate surface area is 119 Å². The van der Waals surface area contributed by atoms with E-state index in [1.165, 1.54) is 11.1 Å². The average Bonchev–Trinajstić information content (AvgIpc) is 2.94. The second-order valence-corrected chi connectivity index (χ2v) is 4.98. The quantitative estimate of drug-likeness (QED) is 0.921. The van der Waals surface area contributed by atoms with Crippen LogP contribution in [0.3, 0.4) is 0 Å². The first-order valence-electron chi connectivity index (χ1n) is 7.09. The van der Waals surface area contributed by atoms with Gasteiger partial charge in [-0.3, -0.25) is 4.68 Å². The van der Waals surface area contributed by atoms with Crippen molar-refractivity contribution in [2.75, 3.05) is 13.7 Å². The van der Waals surface area contributed by atoms with Gasteiger partial charge in [0.1, 0.15) is 17.9 Å².